The van der Waals surface area contributed by atoms with Crippen LogP contribution >= 0.6 is 0 Å². The second-order valence-electron chi connectivity index (χ2n) is 6.03. The van der Waals surface area contributed by atoms with Crippen molar-refractivity contribution in [2.75, 3.05) is 6.54 Å². The monoisotopic (exact) mass is 369 g/mol. The molecule has 0 aromatic heterocycles. The lowest BCUT2D eigenvalue weighted by atomic mass is 9.95. The van der Waals surface area contributed by atoms with Gasteiger partial charge in [-0.15, -0.1) is 0 Å². The van der Waals surface area contributed by atoms with Gasteiger partial charge in [0.1, 0.15) is 6.04 Å². The van der Waals surface area contributed by atoms with Crippen molar-refractivity contribution in [2.24, 2.45) is 0 Å². The number of carboxylic acids is 1. The zero-order valence-electron chi connectivity index (χ0n) is 13.8. The smallest absolute Gasteiger partial charge is 0.475 e. The predicted octanol–water partition coefficient (Wildman–Crippen LogP) is 1.85. The highest BCUT2D eigenvalue weighted by Gasteiger charge is 2.38. The molecule has 26 heavy (non-hydrogen) atoms. The van der Waals surface area contributed by atoms with Gasteiger partial charge in [-0.25, -0.2) is 4.79 Å². The Morgan fingerprint density at radius 1 is 1.27 bits per heavy atom. The van der Waals surface area contributed by atoms with E-state index >= 15 is 0 Å². The quantitative estimate of drug-likeness (QED) is 0.788. The van der Waals surface area contributed by atoms with Crippen LogP contribution in [0.5, 0.6) is 0 Å². The minimum Gasteiger partial charge on any atom is -0.475 e. The Labute approximate surface area is 148 Å². The summed E-state index contributed by atoms with van der Waals surface area (Å²) < 4.78 is 31.7. The van der Waals surface area contributed by atoms with Crippen LogP contribution in [0.2, 0.25) is 0 Å². The van der Waals surface area contributed by atoms with Gasteiger partial charge in [-0.3, -0.25) is 4.79 Å². The van der Waals surface area contributed by atoms with Gasteiger partial charge in [0.25, 0.3) is 0 Å². The summed E-state index contributed by atoms with van der Waals surface area (Å²) in [5, 5.41) is 19.5. The van der Waals surface area contributed by atoms with Crippen molar-refractivity contribution < 1.29 is 27.9 Å². The summed E-state index contributed by atoms with van der Waals surface area (Å²) in [7, 11) is 0. The number of alkyl halides is 3. The van der Waals surface area contributed by atoms with Crippen molar-refractivity contribution in [1.82, 2.24) is 10.2 Å². The molecule has 0 aliphatic carbocycles. The second kappa shape index (κ2) is 8.19. The van der Waals surface area contributed by atoms with Crippen molar-refractivity contribution >= 4 is 11.9 Å². The fraction of sp³-hybridized carbons (Fsp3) is 0.471. The summed E-state index contributed by atoms with van der Waals surface area (Å²) >= 11 is 0. The van der Waals surface area contributed by atoms with Crippen LogP contribution in [0.15, 0.2) is 24.3 Å². The molecule has 1 saturated heterocycles. The van der Waals surface area contributed by atoms with Crippen LogP contribution in [0.25, 0.3) is 0 Å². The van der Waals surface area contributed by atoms with Crippen LogP contribution in [-0.4, -0.2) is 46.7 Å². The molecule has 0 saturated carbocycles. The van der Waals surface area contributed by atoms with E-state index in [0.29, 0.717) is 0 Å². The summed E-state index contributed by atoms with van der Waals surface area (Å²) in [6, 6.07) is 10.0. The third kappa shape index (κ3) is 4.73. The van der Waals surface area contributed by atoms with Crippen molar-refractivity contribution in [1.29, 1.82) is 5.26 Å². The Hall–Kier alpha value is -2.60. The normalized spacial score (nSPS) is 21.8. The first-order valence-corrected chi connectivity index (χ1v) is 8.04. The Kier molecular flexibility index (Phi) is 6.21. The highest BCUT2D eigenvalue weighted by atomic mass is 19.4. The van der Waals surface area contributed by atoms with Crippen molar-refractivity contribution in [3.63, 3.8) is 0 Å². The van der Waals surface area contributed by atoms with E-state index in [1.54, 1.807) is 4.90 Å². The summed E-state index contributed by atoms with van der Waals surface area (Å²) in [6.07, 6.45) is -2.61. The van der Waals surface area contributed by atoms with Gasteiger partial charge in [-0.2, -0.15) is 18.4 Å². The zero-order chi connectivity index (χ0) is 19.3. The number of nitrogens with zero attached hydrogens (tertiary/aromatic N) is 2. The second-order valence-corrected chi connectivity index (χ2v) is 6.03. The van der Waals surface area contributed by atoms with Crippen LogP contribution in [0.4, 0.5) is 13.2 Å². The molecule has 0 bridgehead atoms. The summed E-state index contributed by atoms with van der Waals surface area (Å²) in [5.41, 5.74) is 2.51. The predicted molar refractivity (Wildman–Crippen MR) is 84.8 cm³/mol. The molecule has 6 nitrogen and oxygen atoms in total. The Bertz CT molecular complexity index is 715. The molecule has 2 N–H and O–H groups in total. The minimum atomic E-state index is -5.08. The molecule has 1 amide bonds. The summed E-state index contributed by atoms with van der Waals surface area (Å²) in [6.45, 7) is 1.45. The van der Waals surface area contributed by atoms with E-state index in [1.807, 2.05) is 12.1 Å². The number of nitriles is 1. The molecular weight excluding hydrogens is 351 g/mol. The van der Waals surface area contributed by atoms with Crippen LogP contribution in [0, 0.1) is 11.3 Å². The maximum Gasteiger partial charge on any atom is 0.490 e. The van der Waals surface area contributed by atoms with E-state index in [4.69, 9.17) is 15.2 Å². The van der Waals surface area contributed by atoms with Gasteiger partial charge >= 0.3 is 12.1 Å². The number of amides is 1. The third-order valence-electron chi connectivity index (χ3n) is 4.31. The Morgan fingerprint density at radius 2 is 1.88 bits per heavy atom. The first-order valence-electron chi connectivity index (χ1n) is 8.04. The number of carbonyl (C=O) groups is 2. The lowest BCUT2D eigenvalue weighted by Gasteiger charge is -2.30. The maximum absolute atomic E-state index is 12.5. The van der Waals surface area contributed by atoms with Gasteiger partial charge in [0.05, 0.1) is 12.1 Å². The average Bonchev–Trinajstić information content (AvgIpc) is 3.09. The number of benzene rings is 1. The third-order valence-corrected chi connectivity index (χ3v) is 4.31. The molecule has 3 rings (SSSR count). The van der Waals surface area contributed by atoms with E-state index in [2.05, 4.69) is 23.5 Å². The number of nitrogens with one attached hydrogen (secondary N) is 1. The van der Waals surface area contributed by atoms with Gasteiger partial charge in [-0.05, 0) is 30.4 Å². The molecule has 1 aromatic carbocycles. The van der Waals surface area contributed by atoms with Gasteiger partial charge in [-0.1, -0.05) is 24.3 Å². The molecule has 0 radical (unpaired) electrons. The average molecular weight is 369 g/mol. The molecule has 0 unspecified atom stereocenters. The van der Waals surface area contributed by atoms with E-state index in [1.165, 1.54) is 11.1 Å². The number of carboxylic acid groups (broad SMARTS) is 1. The maximum atomic E-state index is 12.5. The van der Waals surface area contributed by atoms with Crippen LogP contribution in [-0.2, 0) is 22.6 Å². The van der Waals surface area contributed by atoms with E-state index in [-0.39, 0.29) is 18.0 Å². The van der Waals surface area contributed by atoms with E-state index < -0.39 is 12.1 Å². The largest absolute Gasteiger partial charge is 0.490 e. The number of halogens is 3. The number of hydrogen-bond acceptors (Lipinski definition) is 4. The minimum absolute atomic E-state index is 0.0820. The molecule has 2 heterocycles. The van der Waals surface area contributed by atoms with Crippen LogP contribution in [0.3, 0.4) is 0 Å². The van der Waals surface area contributed by atoms with Crippen molar-refractivity contribution in [3.8, 4) is 6.07 Å². The van der Waals surface area contributed by atoms with Gasteiger partial charge < -0.3 is 15.3 Å². The molecule has 140 valence electrons. The molecule has 2 aliphatic rings. The Balaban J connectivity index is 0.000000298. The SMILES string of the molecule is N#C[C@@H]1CCCN1C(=O)[C@@H]1Cc2ccccc2CN1.O=C(O)C(F)(F)F. The Morgan fingerprint density at radius 3 is 2.46 bits per heavy atom. The fourth-order valence-corrected chi connectivity index (χ4v) is 2.99. The molecule has 0 spiro atoms. The molecular formula is C17H18F3N3O3. The number of rotatable bonds is 1. The number of likely N-dealkylation sites (tertiary alicyclic amines) is 1. The van der Waals surface area contributed by atoms with Gasteiger partial charge in [0.2, 0.25) is 5.91 Å². The molecule has 9 heteroatoms. The zero-order valence-corrected chi connectivity index (χ0v) is 13.8. The highest BCUT2D eigenvalue weighted by molar-refractivity contribution is 5.83. The first-order chi connectivity index (χ1) is 12.2. The fourth-order valence-electron chi connectivity index (χ4n) is 2.99. The highest BCUT2D eigenvalue weighted by Crippen LogP contribution is 2.22. The van der Waals surface area contributed by atoms with Gasteiger partial charge in [0.15, 0.2) is 0 Å². The first kappa shape index (κ1) is 19.7. The summed E-state index contributed by atoms with van der Waals surface area (Å²) in [4.78, 5) is 23.1. The lowest BCUT2D eigenvalue weighted by Crippen LogP contribution is -2.50. The van der Waals surface area contributed by atoms with Crippen molar-refractivity contribution in [2.45, 2.75) is 44.1 Å². The van der Waals surface area contributed by atoms with Crippen LogP contribution < -0.4 is 5.32 Å². The van der Waals surface area contributed by atoms with Gasteiger partial charge in [0, 0.05) is 13.1 Å². The van der Waals surface area contributed by atoms with E-state index in [0.717, 1.165) is 32.4 Å². The molecule has 2 aliphatic heterocycles. The van der Waals surface area contributed by atoms with E-state index in [9.17, 15) is 18.0 Å². The van der Waals surface area contributed by atoms with Crippen molar-refractivity contribution in [3.05, 3.63) is 35.4 Å². The van der Waals surface area contributed by atoms with Crippen LogP contribution in [0.1, 0.15) is 24.0 Å². The topological polar surface area (TPSA) is 93.4 Å². The molecule has 1 aromatic rings. The number of carbonyl (C=O) groups excluding carboxylic acids is 1. The lowest BCUT2D eigenvalue weighted by molar-refractivity contribution is -0.192. The summed E-state index contributed by atoms with van der Waals surface area (Å²) in [5.74, 6) is -2.67. The molecule has 2 atom stereocenters. The number of aliphatic carboxylic acids is 1. The number of fused-ring (bicyclic) bond motifs is 1. The molecule has 1 fully saturated rings. The number of hydrogen-bond donors (Lipinski definition) is 2. The standard InChI is InChI=1S/C15H17N3O.C2HF3O2/c16-9-13-6-3-7-18(13)15(19)14-8-11-4-1-2-5-12(11)10-17-14;3-2(4,5)1(6)7/h1-2,4-5,13-14,17H,3,6-8,10H2;(H,6,7)/t13-,14-;/m0./s1.